The van der Waals surface area contributed by atoms with E-state index in [0.717, 1.165) is 36.1 Å². The fourth-order valence-electron chi connectivity index (χ4n) is 5.42. The highest BCUT2D eigenvalue weighted by Gasteiger charge is 2.48. The number of furan rings is 1. The molecule has 0 radical (unpaired) electrons. The molecule has 2 aromatic heterocycles. The molecule has 7 nitrogen and oxygen atoms in total. The lowest BCUT2D eigenvalue weighted by molar-refractivity contribution is -0.134. The van der Waals surface area contributed by atoms with Crippen molar-refractivity contribution >= 4 is 22.9 Å². The number of rotatable bonds is 6. The van der Waals surface area contributed by atoms with Crippen LogP contribution in [-0.4, -0.2) is 39.5 Å². The largest absolute Gasteiger partial charge is 0.494 e. The van der Waals surface area contributed by atoms with Gasteiger partial charge in [-0.1, -0.05) is 31.9 Å². The van der Waals surface area contributed by atoms with E-state index >= 15 is 0 Å². The fourth-order valence-corrected chi connectivity index (χ4v) is 5.42. The molecule has 1 saturated carbocycles. The lowest BCUT2D eigenvalue weighted by Crippen LogP contribution is -2.65. The highest BCUT2D eigenvalue weighted by molar-refractivity contribution is 6.02. The summed E-state index contributed by atoms with van der Waals surface area (Å²) >= 11 is 0. The first-order chi connectivity index (χ1) is 16.4. The summed E-state index contributed by atoms with van der Waals surface area (Å²) < 4.78 is 13.1. The number of hydrogen-bond acceptors (Lipinski definition) is 4. The van der Waals surface area contributed by atoms with Gasteiger partial charge in [0.2, 0.25) is 5.91 Å². The van der Waals surface area contributed by atoms with E-state index in [1.807, 2.05) is 48.7 Å². The summed E-state index contributed by atoms with van der Waals surface area (Å²) in [6, 6.07) is 11.5. The highest BCUT2D eigenvalue weighted by atomic mass is 16.5. The average molecular weight is 464 g/mol. The van der Waals surface area contributed by atoms with Crippen LogP contribution in [0.5, 0.6) is 5.75 Å². The van der Waals surface area contributed by atoms with Gasteiger partial charge in [-0.3, -0.25) is 9.59 Å². The summed E-state index contributed by atoms with van der Waals surface area (Å²) in [7, 11) is 0. The third kappa shape index (κ3) is 3.87. The van der Waals surface area contributed by atoms with Gasteiger partial charge in [-0.15, -0.1) is 0 Å². The van der Waals surface area contributed by atoms with E-state index in [1.165, 1.54) is 6.42 Å². The molecule has 34 heavy (non-hydrogen) atoms. The van der Waals surface area contributed by atoms with E-state index in [1.54, 1.807) is 17.2 Å². The maximum absolute atomic E-state index is 13.9. The van der Waals surface area contributed by atoms with Crippen LogP contribution in [0.15, 0.2) is 47.1 Å². The van der Waals surface area contributed by atoms with Crippen molar-refractivity contribution in [3.63, 3.8) is 0 Å². The molecule has 2 aliphatic rings. The molecular weight excluding hydrogens is 430 g/mol. The predicted molar refractivity (Wildman–Crippen MR) is 130 cm³/mol. The van der Waals surface area contributed by atoms with Crippen molar-refractivity contribution < 1.29 is 18.7 Å². The van der Waals surface area contributed by atoms with Crippen LogP contribution >= 0.6 is 0 Å². The van der Waals surface area contributed by atoms with Gasteiger partial charge in [-0.25, -0.2) is 0 Å². The maximum Gasteiger partial charge on any atom is 0.271 e. The Labute approximate surface area is 200 Å². The van der Waals surface area contributed by atoms with E-state index in [0.29, 0.717) is 36.9 Å². The summed E-state index contributed by atoms with van der Waals surface area (Å²) in [5.41, 5.74) is 1.97. The molecule has 7 heteroatoms. The molecule has 1 aliphatic heterocycles. The van der Waals surface area contributed by atoms with Crippen LogP contribution in [0.2, 0.25) is 0 Å². The van der Waals surface area contributed by atoms with Crippen LogP contribution in [0.25, 0.3) is 11.1 Å². The normalized spacial score (nSPS) is 24.8. The van der Waals surface area contributed by atoms with E-state index < -0.39 is 5.54 Å². The number of aromatic nitrogens is 1. The van der Waals surface area contributed by atoms with Crippen molar-refractivity contribution in [1.29, 1.82) is 0 Å². The van der Waals surface area contributed by atoms with Crippen molar-refractivity contribution in [2.75, 3.05) is 6.61 Å². The number of fused-ring (bicyclic) bond motifs is 3. The van der Waals surface area contributed by atoms with Crippen LogP contribution in [0.1, 0.15) is 62.5 Å². The lowest BCUT2D eigenvalue weighted by atomic mass is 9.85. The third-order valence-electron chi connectivity index (χ3n) is 7.54. The number of hydrogen-bond donors (Lipinski definition) is 1. The zero-order valence-corrected chi connectivity index (χ0v) is 20.2. The van der Waals surface area contributed by atoms with Gasteiger partial charge in [0, 0.05) is 24.7 Å². The standard InChI is InChI=1S/C27H33N3O4/c1-4-33-20-11-9-19(10-12-20)16-30-25(31)23-15-24-22(13-14-34-24)29(23)17-27(30,3)26(32)28-21-8-6-5-7-18(21)2/h9-15,18,21H,4-8,16-17H2,1-3H3,(H,28,32)/t18-,21+,27-/m1/s1. The fraction of sp³-hybridized carbons (Fsp3) is 0.481. The first-order valence-corrected chi connectivity index (χ1v) is 12.3. The Morgan fingerprint density at radius 1 is 1.21 bits per heavy atom. The molecule has 1 N–H and O–H groups in total. The van der Waals surface area contributed by atoms with E-state index in [4.69, 9.17) is 9.15 Å². The monoisotopic (exact) mass is 463 g/mol. The topological polar surface area (TPSA) is 76.7 Å². The molecule has 2 amide bonds. The average Bonchev–Trinajstić information content (AvgIpc) is 3.42. The molecule has 0 spiro atoms. The number of amides is 2. The number of carbonyl (C=O) groups is 2. The molecule has 0 bridgehead atoms. The smallest absolute Gasteiger partial charge is 0.271 e. The molecule has 1 fully saturated rings. The number of nitrogens with one attached hydrogen (secondary N) is 1. The van der Waals surface area contributed by atoms with Gasteiger partial charge in [0.25, 0.3) is 5.91 Å². The zero-order chi connectivity index (χ0) is 23.9. The quantitative estimate of drug-likeness (QED) is 0.573. The Morgan fingerprint density at radius 2 is 1.97 bits per heavy atom. The summed E-state index contributed by atoms with van der Waals surface area (Å²) in [6.07, 6.45) is 6.05. The van der Waals surface area contributed by atoms with Crippen molar-refractivity contribution in [1.82, 2.24) is 14.8 Å². The minimum atomic E-state index is -1.04. The summed E-state index contributed by atoms with van der Waals surface area (Å²) in [6.45, 7) is 7.35. The van der Waals surface area contributed by atoms with Gasteiger partial charge in [0.1, 0.15) is 17.0 Å². The van der Waals surface area contributed by atoms with Crippen LogP contribution in [-0.2, 0) is 17.9 Å². The SMILES string of the molecule is CCOc1ccc(CN2C(=O)c3cc4occc4n3C[C@]2(C)C(=O)N[C@H]2CCCC[C@H]2C)cc1. The van der Waals surface area contributed by atoms with Crippen molar-refractivity contribution in [2.24, 2.45) is 5.92 Å². The van der Waals surface area contributed by atoms with Crippen LogP contribution < -0.4 is 10.1 Å². The van der Waals surface area contributed by atoms with Gasteiger partial charge < -0.3 is 23.9 Å². The minimum absolute atomic E-state index is 0.0958. The van der Waals surface area contributed by atoms with Crippen LogP contribution in [0.3, 0.4) is 0 Å². The zero-order valence-electron chi connectivity index (χ0n) is 20.2. The van der Waals surface area contributed by atoms with Gasteiger partial charge in [-0.05, 0) is 50.3 Å². The van der Waals surface area contributed by atoms with Crippen molar-refractivity contribution in [3.05, 3.63) is 53.9 Å². The molecule has 0 saturated heterocycles. The Kier molecular flexibility index (Phi) is 5.88. The molecule has 0 unspecified atom stereocenters. The Balaban J connectivity index is 1.49. The van der Waals surface area contributed by atoms with E-state index in [-0.39, 0.29) is 17.9 Å². The molecule has 1 aromatic carbocycles. The van der Waals surface area contributed by atoms with Gasteiger partial charge >= 0.3 is 0 Å². The number of nitrogens with zero attached hydrogens (tertiary/aromatic N) is 2. The second-order valence-corrected chi connectivity index (χ2v) is 9.87. The number of carbonyl (C=O) groups excluding carboxylic acids is 2. The van der Waals surface area contributed by atoms with Crippen molar-refractivity contribution in [3.8, 4) is 5.75 Å². The van der Waals surface area contributed by atoms with Crippen molar-refractivity contribution in [2.45, 2.75) is 71.1 Å². The van der Waals surface area contributed by atoms with Crippen LogP contribution in [0, 0.1) is 5.92 Å². The minimum Gasteiger partial charge on any atom is -0.494 e. The first-order valence-electron chi connectivity index (χ1n) is 12.3. The van der Waals surface area contributed by atoms with Gasteiger partial charge in [-0.2, -0.15) is 0 Å². The third-order valence-corrected chi connectivity index (χ3v) is 7.54. The predicted octanol–water partition coefficient (Wildman–Crippen LogP) is 4.74. The highest BCUT2D eigenvalue weighted by Crippen LogP contribution is 2.35. The molecular formula is C27H33N3O4. The number of ether oxygens (including phenoxy) is 1. The molecule has 1 aliphatic carbocycles. The van der Waals surface area contributed by atoms with Gasteiger partial charge in [0.05, 0.1) is 24.9 Å². The molecule has 3 heterocycles. The molecule has 5 rings (SSSR count). The Morgan fingerprint density at radius 3 is 2.71 bits per heavy atom. The Bertz CT molecular complexity index is 1190. The van der Waals surface area contributed by atoms with E-state index in [9.17, 15) is 9.59 Å². The maximum atomic E-state index is 13.9. The molecule has 3 aromatic rings. The van der Waals surface area contributed by atoms with Gasteiger partial charge in [0.15, 0.2) is 5.58 Å². The van der Waals surface area contributed by atoms with E-state index in [2.05, 4.69) is 12.2 Å². The molecule has 180 valence electrons. The number of benzene rings is 1. The summed E-state index contributed by atoms with van der Waals surface area (Å²) in [4.78, 5) is 29.4. The second kappa shape index (κ2) is 8.85. The molecule has 3 atom stereocenters. The second-order valence-electron chi connectivity index (χ2n) is 9.87. The summed E-state index contributed by atoms with van der Waals surface area (Å²) in [5, 5.41) is 3.32. The summed E-state index contributed by atoms with van der Waals surface area (Å²) in [5.74, 6) is 0.961. The first kappa shape index (κ1) is 22.6. The van der Waals surface area contributed by atoms with Crippen LogP contribution in [0.4, 0.5) is 0 Å². The Hall–Kier alpha value is -3.22. The lowest BCUT2D eigenvalue weighted by Gasteiger charge is -2.45.